The predicted molar refractivity (Wildman–Crippen MR) is 80.4 cm³/mol. The van der Waals surface area contributed by atoms with Crippen LogP contribution in [-0.4, -0.2) is 22.7 Å². The van der Waals surface area contributed by atoms with Crippen LogP contribution in [0.1, 0.15) is 24.2 Å². The number of carbonyl (C=O) groups excluding carboxylic acids is 1. The molecule has 2 atom stereocenters. The van der Waals surface area contributed by atoms with E-state index in [-0.39, 0.29) is 6.54 Å². The van der Waals surface area contributed by atoms with Gasteiger partial charge in [-0.25, -0.2) is 0 Å². The molecule has 0 bridgehead atoms. The van der Waals surface area contributed by atoms with Gasteiger partial charge in [0.15, 0.2) is 6.10 Å². The smallest absolute Gasteiger partial charge is 0.253 e. The highest BCUT2D eigenvalue weighted by Gasteiger charge is 2.25. The van der Waals surface area contributed by atoms with Gasteiger partial charge < -0.3 is 15.5 Å². The van der Waals surface area contributed by atoms with Crippen LogP contribution in [0.3, 0.4) is 0 Å². The molecule has 2 unspecified atom stereocenters. The van der Waals surface area contributed by atoms with Gasteiger partial charge >= 0.3 is 0 Å². The largest absolute Gasteiger partial charge is 0.384 e. The molecule has 0 heterocycles. The summed E-state index contributed by atoms with van der Waals surface area (Å²) in [5.74, 6) is -0.530. The maximum Gasteiger partial charge on any atom is 0.253 e. The van der Waals surface area contributed by atoms with E-state index >= 15 is 0 Å². The van der Waals surface area contributed by atoms with E-state index in [2.05, 4.69) is 5.32 Å². The first-order valence-corrected chi connectivity index (χ1v) is 6.79. The number of aliphatic hydroxyl groups is 2. The Morgan fingerprint density at radius 2 is 1.62 bits per heavy atom. The highest BCUT2D eigenvalue weighted by molar-refractivity contribution is 5.81. The van der Waals surface area contributed by atoms with Crippen molar-refractivity contribution in [2.75, 3.05) is 6.54 Å². The van der Waals surface area contributed by atoms with Gasteiger partial charge in [0, 0.05) is 0 Å². The summed E-state index contributed by atoms with van der Waals surface area (Å²) in [5, 5.41) is 22.9. The second kappa shape index (κ2) is 6.52. The van der Waals surface area contributed by atoms with Gasteiger partial charge in [-0.3, -0.25) is 4.79 Å². The minimum atomic E-state index is -1.24. The monoisotopic (exact) mass is 285 g/mol. The molecule has 0 aliphatic carbocycles. The van der Waals surface area contributed by atoms with Crippen molar-refractivity contribution in [3.8, 4) is 0 Å². The zero-order valence-electron chi connectivity index (χ0n) is 11.9. The van der Waals surface area contributed by atoms with Gasteiger partial charge in [0.25, 0.3) is 5.91 Å². The van der Waals surface area contributed by atoms with Crippen LogP contribution in [0.4, 0.5) is 0 Å². The van der Waals surface area contributed by atoms with Crippen molar-refractivity contribution in [2.45, 2.75) is 18.6 Å². The Kier molecular flexibility index (Phi) is 4.73. The molecule has 0 radical (unpaired) electrons. The summed E-state index contributed by atoms with van der Waals surface area (Å²) in [6, 6.07) is 17.8. The molecule has 2 aromatic rings. The number of rotatable bonds is 5. The summed E-state index contributed by atoms with van der Waals surface area (Å²) < 4.78 is 0. The van der Waals surface area contributed by atoms with E-state index < -0.39 is 17.6 Å². The van der Waals surface area contributed by atoms with E-state index in [0.29, 0.717) is 11.1 Å². The van der Waals surface area contributed by atoms with Crippen LogP contribution in [0.25, 0.3) is 0 Å². The van der Waals surface area contributed by atoms with Crippen molar-refractivity contribution in [1.82, 2.24) is 5.32 Å². The van der Waals surface area contributed by atoms with Gasteiger partial charge in [-0.2, -0.15) is 0 Å². The zero-order chi connectivity index (χ0) is 15.3. The molecule has 4 nitrogen and oxygen atoms in total. The third-order valence-electron chi connectivity index (χ3n) is 3.37. The van der Waals surface area contributed by atoms with Crippen molar-refractivity contribution < 1.29 is 15.0 Å². The van der Waals surface area contributed by atoms with Crippen molar-refractivity contribution in [3.63, 3.8) is 0 Å². The molecule has 21 heavy (non-hydrogen) atoms. The Morgan fingerprint density at radius 3 is 2.19 bits per heavy atom. The molecule has 1 amide bonds. The average Bonchev–Trinajstić information content (AvgIpc) is 2.53. The Bertz CT molecular complexity index is 581. The summed E-state index contributed by atoms with van der Waals surface area (Å²) >= 11 is 0. The molecule has 0 spiro atoms. The molecule has 0 aliphatic heterocycles. The summed E-state index contributed by atoms with van der Waals surface area (Å²) in [5.41, 5.74) is 0.0432. The number of hydrogen-bond acceptors (Lipinski definition) is 3. The van der Waals surface area contributed by atoms with E-state index in [1.165, 1.54) is 0 Å². The molecule has 2 rings (SSSR count). The zero-order valence-corrected chi connectivity index (χ0v) is 11.9. The number of nitrogens with one attached hydrogen (secondary N) is 1. The molecule has 0 saturated heterocycles. The van der Waals surface area contributed by atoms with Gasteiger partial charge in [0.2, 0.25) is 0 Å². The normalized spacial score (nSPS) is 15.0. The molecule has 3 N–H and O–H groups in total. The van der Waals surface area contributed by atoms with Crippen molar-refractivity contribution >= 4 is 5.91 Å². The molecular formula is C17H19NO3. The second-order valence-corrected chi connectivity index (χ2v) is 5.17. The van der Waals surface area contributed by atoms with Crippen molar-refractivity contribution in [1.29, 1.82) is 0 Å². The van der Waals surface area contributed by atoms with E-state index in [1.807, 2.05) is 24.3 Å². The third-order valence-corrected chi connectivity index (χ3v) is 3.37. The average molecular weight is 285 g/mol. The molecule has 0 fully saturated rings. The Balaban J connectivity index is 1.98. The van der Waals surface area contributed by atoms with Gasteiger partial charge in [-0.05, 0) is 18.1 Å². The standard InChI is InChI=1S/C17H19NO3/c1-17(21,14-10-6-3-7-11-14)12-18-16(20)15(19)13-8-4-2-5-9-13/h2-11,15,19,21H,12H2,1H3,(H,18,20). The molecule has 2 aromatic carbocycles. The number of carbonyl (C=O) groups is 1. The van der Waals surface area contributed by atoms with Crippen LogP contribution in [0.15, 0.2) is 60.7 Å². The lowest BCUT2D eigenvalue weighted by Crippen LogP contribution is -2.40. The molecule has 110 valence electrons. The summed E-state index contributed by atoms with van der Waals surface area (Å²) in [7, 11) is 0. The molecular weight excluding hydrogens is 266 g/mol. The van der Waals surface area contributed by atoms with E-state index in [9.17, 15) is 15.0 Å². The Labute approximate surface area is 124 Å². The Morgan fingerprint density at radius 1 is 1.10 bits per heavy atom. The van der Waals surface area contributed by atoms with Gasteiger partial charge in [-0.15, -0.1) is 0 Å². The molecule has 4 heteroatoms. The fourth-order valence-electron chi connectivity index (χ4n) is 2.04. The maximum absolute atomic E-state index is 11.9. The first kappa shape index (κ1) is 15.2. The molecule has 0 aliphatic rings. The van der Waals surface area contributed by atoms with Crippen molar-refractivity contribution in [3.05, 3.63) is 71.8 Å². The van der Waals surface area contributed by atoms with E-state index in [0.717, 1.165) is 0 Å². The number of hydrogen-bond donors (Lipinski definition) is 3. The van der Waals surface area contributed by atoms with Gasteiger partial charge in [0.1, 0.15) is 5.60 Å². The predicted octanol–water partition coefficient (Wildman–Crippen LogP) is 1.74. The topological polar surface area (TPSA) is 69.6 Å². The quantitative estimate of drug-likeness (QED) is 0.784. The van der Waals surface area contributed by atoms with Gasteiger partial charge in [0.05, 0.1) is 6.54 Å². The molecule has 0 saturated carbocycles. The minimum Gasteiger partial charge on any atom is -0.384 e. The maximum atomic E-state index is 11.9. The number of aliphatic hydroxyl groups excluding tert-OH is 1. The highest BCUT2D eigenvalue weighted by atomic mass is 16.3. The van der Waals surface area contributed by atoms with E-state index in [4.69, 9.17) is 0 Å². The second-order valence-electron chi connectivity index (χ2n) is 5.17. The SMILES string of the molecule is CC(O)(CNC(=O)C(O)c1ccccc1)c1ccccc1. The first-order chi connectivity index (χ1) is 10.0. The first-order valence-electron chi connectivity index (χ1n) is 6.79. The van der Waals surface area contributed by atoms with Crippen LogP contribution in [0.5, 0.6) is 0 Å². The van der Waals surface area contributed by atoms with E-state index in [1.54, 1.807) is 43.3 Å². The summed E-state index contributed by atoms with van der Waals surface area (Å²) in [6.45, 7) is 1.65. The fourth-order valence-corrected chi connectivity index (χ4v) is 2.04. The summed E-state index contributed by atoms with van der Waals surface area (Å²) in [6.07, 6.45) is -1.24. The minimum absolute atomic E-state index is 0.0275. The molecule has 0 aromatic heterocycles. The number of benzene rings is 2. The lowest BCUT2D eigenvalue weighted by molar-refractivity contribution is -0.130. The van der Waals surface area contributed by atoms with Crippen LogP contribution in [0, 0.1) is 0 Å². The summed E-state index contributed by atoms with van der Waals surface area (Å²) in [4.78, 5) is 11.9. The lowest BCUT2D eigenvalue weighted by Gasteiger charge is -2.25. The van der Waals surface area contributed by atoms with Crippen LogP contribution < -0.4 is 5.32 Å². The fraction of sp³-hybridized carbons (Fsp3) is 0.235. The van der Waals surface area contributed by atoms with Crippen LogP contribution >= 0.6 is 0 Å². The number of amides is 1. The third kappa shape index (κ3) is 3.90. The van der Waals surface area contributed by atoms with Crippen LogP contribution in [0.2, 0.25) is 0 Å². The van der Waals surface area contributed by atoms with Crippen molar-refractivity contribution in [2.24, 2.45) is 0 Å². The lowest BCUT2D eigenvalue weighted by atomic mass is 9.96. The van der Waals surface area contributed by atoms with Gasteiger partial charge in [-0.1, -0.05) is 60.7 Å². The highest BCUT2D eigenvalue weighted by Crippen LogP contribution is 2.19. The Hall–Kier alpha value is -2.17. The van der Waals surface area contributed by atoms with Crippen LogP contribution in [-0.2, 0) is 10.4 Å².